The lowest BCUT2D eigenvalue weighted by Crippen LogP contribution is -2.29. The molecule has 24 heavy (non-hydrogen) atoms. The number of benzene rings is 2. The molecule has 122 valence electrons. The summed E-state index contributed by atoms with van der Waals surface area (Å²) in [4.78, 5) is 26.1. The molecule has 0 bridgehead atoms. The molecule has 0 saturated heterocycles. The minimum absolute atomic E-state index is 0.0529. The molecular weight excluding hydrogens is 320 g/mol. The van der Waals surface area contributed by atoms with E-state index in [1.165, 1.54) is 5.56 Å². The topological polar surface area (TPSA) is 58.2 Å². The Hall–Kier alpha value is -2.27. The Balaban J connectivity index is 1.47. The van der Waals surface area contributed by atoms with Crippen LogP contribution in [0.5, 0.6) is 0 Å². The zero-order valence-electron chi connectivity index (χ0n) is 13.1. The van der Waals surface area contributed by atoms with E-state index >= 15 is 0 Å². The molecule has 1 saturated carbocycles. The first-order chi connectivity index (χ1) is 11.7. The number of nitrogens with one attached hydrogen (secondary N) is 2. The quantitative estimate of drug-likeness (QED) is 0.900. The van der Waals surface area contributed by atoms with Gasteiger partial charge in [-0.2, -0.15) is 0 Å². The number of carbonyl (C=O) groups excluding carboxylic acids is 2. The molecule has 4 nitrogen and oxygen atoms in total. The number of para-hydroxylation sites is 1. The molecule has 0 spiro atoms. The molecule has 0 aromatic heterocycles. The molecule has 1 atom stereocenters. The fourth-order valence-electron chi connectivity index (χ4n) is 2.82. The van der Waals surface area contributed by atoms with Crippen LogP contribution in [0.3, 0.4) is 0 Å². The van der Waals surface area contributed by atoms with Crippen molar-refractivity contribution in [2.45, 2.75) is 35.4 Å². The summed E-state index contributed by atoms with van der Waals surface area (Å²) in [6, 6.07) is 15.6. The predicted octanol–water partition coefficient (Wildman–Crippen LogP) is 3.23. The van der Waals surface area contributed by atoms with Crippen molar-refractivity contribution in [3.63, 3.8) is 0 Å². The van der Waals surface area contributed by atoms with Crippen LogP contribution in [0.2, 0.25) is 0 Å². The van der Waals surface area contributed by atoms with Crippen LogP contribution in [-0.4, -0.2) is 23.1 Å². The van der Waals surface area contributed by atoms with E-state index in [1.807, 2.05) is 30.3 Å². The Bertz CT molecular complexity index is 776. The van der Waals surface area contributed by atoms with Crippen molar-refractivity contribution in [1.29, 1.82) is 0 Å². The van der Waals surface area contributed by atoms with Crippen molar-refractivity contribution < 1.29 is 9.59 Å². The second-order valence-corrected chi connectivity index (χ2v) is 7.45. The molecule has 1 aliphatic heterocycles. The van der Waals surface area contributed by atoms with Gasteiger partial charge in [0.15, 0.2) is 0 Å². The fraction of sp³-hybridized carbons (Fsp3) is 0.263. The molecule has 2 aromatic rings. The van der Waals surface area contributed by atoms with Crippen molar-refractivity contribution in [3.8, 4) is 0 Å². The Labute approximate surface area is 145 Å². The van der Waals surface area contributed by atoms with Crippen LogP contribution in [0.25, 0.3) is 0 Å². The zero-order chi connectivity index (χ0) is 16.5. The third-order valence-electron chi connectivity index (χ3n) is 4.28. The van der Waals surface area contributed by atoms with Gasteiger partial charge in [0.1, 0.15) is 0 Å². The highest BCUT2D eigenvalue weighted by Gasteiger charge is 2.29. The van der Waals surface area contributed by atoms with Gasteiger partial charge in [-0.05, 0) is 43.0 Å². The van der Waals surface area contributed by atoms with Crippen molar-refractivity contribution in [3.05, 3.63) is 59.7 Å². The summed E-state index contributed by atoms with van der Waals surface area (Å²) in [5, 5.41) is 5.76. The van der Waals surface area contributed by atoms with Gasteiger partial charge in [0, 0.05) is 10.9 Å². The monoisotopic (exact) mass is 338 g/mol. The normalized spacial score (nSPS) is 18.8. The van der Waals surface area contributed by atoms with Crippen LogP contribution in [0.4, 0.5) is 5.69 Å². The zero-order valence-corrected chi connectivity index (χ0v) is 13.9. The van der Waals surface area contributed by atoms with Gasteiger partial charge >= 0.3 is 0 Å². The number of anilines is 1. The number of thioether (sulfide) groups is 1. The van der Waals surface area contributed by atoms with Gasteiger partial charge in [0.25, 0.3) is 5.91 Å². The molecular formula is C19H18N2O2S. The summed E-state index contributed by atoms with van der Waals surface area (Å²) in [5.41, 5.74) is 2.32. The number of amides is 2. The van der Waals surface area contributed by atoms with Gasteiger partial charge in [-0.25, -0.2) is 0 Å². The van der Waals surface area contributed by atoms with Gasteiger partial charge in [-0.15, -0.1) is 11.8 Å². The second kappa shape index (κ2) is 6.32. The Morgan fingerprint density at radius 1 is 1.00 bits per heavy atom. The van der Waals surface area contributed by atoms with E-state index in [2.05, 4.69) is 16.7 Å². The average molecular weight is 338 g/mol. The first kappa shape index (κ1) is 15.3. The van der Waals surface area contributed by atoms with Crippen LogP contribution >= 0.6 is 11.8 Å². The molecule has 2 N–H and O–H groups in total. The third kappa shape index (κ3) is 3.17. The summed E-state index contributed by atoms with van der Waals surface area (Å²) in [7, 11) is 0. The van der Waals surface area contributed by atoms with Crippen molar-refractivity contribution in [1.82, 2.24) is 5.32 Å². The van der Waals surface area contributed by atoms with Gasteiger partial charge in [-0.1, -0.05) is 30.3 Å². The molecule has 0 radical (unpaired) electrons. The maximum atomic E-state index is 12.6. The predicted molar refractivity (Wildman–Crippen MR) is 95.4 cm³/mol. The first-order valence-electron chi connectivity index (χ1n) is 8.16. The van der Waals surface area contributed by atoms with Gasteiger partial charge in [-0.3, -0.25) is 9.59 Å². The Morgan fingerprint density at radius 3 is 2.54 bits per heavy atom. The molecule has 1 heterocycles. The van der Waals surface area contributed by atoms with E-state index in [0.717, 1.165) is 24.2 Å². The first-order valence-corrected chi connectivity index (χ1v) is 9.04. The summed E-state index contributed by atoms with van der Waals surface area (Å²) >= 11 is 1.59. The van der Waals surface area contributed by atoms with E-state index in [0.29, 0.717) is 17.3 Å². The third-order valence-corrected chi connectivity index (χ3v) is 5.60. The average Bonchev–Trinajstić information content (AvgIpc) is 3.29. The lowest BCUT2D eigenvalue weighted by Gasteiger charge is -2.13. The van der Waals surface area contributed by atoms with Crippen LogP contribution in [0, 0.1) is 0 Å². The van der Waals surface area contributed by atoms with E-state index in [1.54, 1.807) is 23.9 Å². The summed E-state index contributed by atoms with van der Waals surface area (Å²) in [6.45, 7) is 0. The Morgan fingerprint density at radius 2 is 1.75 bits per heavy atom. The SMILES string of the molecule is O=C(NC1CC1)c1ccccc1NC(=O)[C@@H]1Cc2ccccc2S1. The highest BCUT2D eigenvalue weighted by Crippen LogP contribution is 2.37. The van der Waals surface area contributed by atoms with Gasteiger partial charge in [0.2, 0.25) is 5.91 Å². The van der Waals surface area contributed by atoms with Crippen LogP contribution in [0.1, 0.15) is 28.8 Å². The maximum Gasteiger partial charge on any atom is 0.253 e. The smallest absolute Gasteiger partial charge is 0.253 e. The fourth-order valence-corrected chi connectivity index (χ4v) is 4.02. The standard InChI is InChI=1S/C19H18N2O2S/c22-18(20-13-9-10-13)14-6-2-3-7-15(14)21-19(23)17-11-12-5-1-4-8-16(12)24-17/h1-8,13,17H,9-11H2,(H,20,22)(H,21,23)/t17-/m0/s1. The minimum Gasteiger partial charge on any atom is -0.349 e. The summed E-state index contributed by atoms with van der Waals surface area (Å²) < 4.78 is 0. The molecule has 1 aliphatic carbocycles. The maximum absolute atomic E-state index is 12.6. The number of hydrogen-bond donors (Lipinski definition) is 2. The molecule has 5 heteroatoms. The molecule has 0 unspecified atom stereocenters. The number of rotatable bonds is 4. The van der Waals surface area contributed by atoms with Gasteiger partial charge < -0.3 is 10.6 Å². The number of hydrogen-bond acceptors (Lipinski definition) is 3. The van der Waals surface area contributed by atoms with Crippen molar-refractivity contribution in [2.75, 3.05) is 5.32 Å². The molecule has 2 amide bonds. The number of carbonyl (C=O) groups is 2. The molecule has 2 aromatic carbocycles. The van der Waals surface area contributed by atoms with E-state index in [9.17, 15) is 9.59 Å². The lowest BCUT2D eigenvalue weighted by molar-refractivity contribution is -0.115. The van der Waals surface area contributed by atoms with E-state index in [4.69, 9.17) is 0 Å². The van der Waals surface area contributed by atoms with E-state index in [-0.39, 0.29) is 17.1 Å². The largest absolute Gasteiger partial charge is 0.349 e. The molecule has 1 fully saturated rings. The molecule has 4 rings (SSSR count). The second-order valence-electron chi connectivity index (χ2n) is 6.20. The van der Waals surface area contributed by atoms with Gasteiger partial charge in [0.05, 0.1) is 16.5 Å². The van der Waals surface area contributed by atoms with Crippen LogP contribution in [0.15, 0.2) is 53.4 Å². The highest BCUT2D eigenvalue weighted by atomic mass is 32.2. The Kier molecular flexibility index (Phi) is 4.02. The minimum atomic E-state index is -0.151. The highest BCUT2D eigenvalue weighted by molar-refractivity contribution is 8.01. The van der Waals surface area contributed by atoms with Crippen molar-refractivity contribution >= 4 is 29.3 Å². The van der Waals surface area contributed by atoms with E-state index < -0.39 is 0 Å². The van der Waals surface area contributed by atoms with Crippen LogP contribution < -0.4 is 10.6 Å². The summed E-state index contributed by atoms with van der Waals surface area (Å²) in [6.07, 6.45) is 2.80. The van der Waals surface area contributed by atoms with Crippen molar-refractivity contribution in [2.24, 2.45) is 0 Å². The summed E-state index contributed by atoms with van der Waals surface area (Å²) in [5.74, 6) is -0.168. The number of fused-ring (bicyclic) bond motifs is 1. The van der Waals surface area contributed by atoms with Crippen LogP contribution in [-0.2, 0) is 11.2 Å². The molecule has 2 aliphatic rings. The lowest BCUT2D eigenvalue weighted by atomic mass is 10.1.